The van der Waals surface area contributed by atoms with Gasteiger partial charge in [0.1, 0.15) is 6.79 Å². The third-order valence-corrected chi connectivity index (χ3v) is 8.56. The van der Waals surface area contributed by atoms with Crippen molar-refractivity contribution >= 4 is 0 Å². The molecule has 138 valence electrons. The first kappa shape index (κ1) is 17.6. The second kappa shape index (κ2) is 6.39. The third kappa shape index (κ3) is 2.77. The second-order valence-corrected chi connectivity index (χ2v) is 9.66. The molecule has 3 heteroatoms. The zero-order valence-electron chi connectivity index (χ0n) is 16.1. The highest BCUT2D eigenvalue weighted by Crippen LogP contribution is 2.65. The minimum atomic E-state index is 0.286. The van der Waals surface area contributed by atoms with Crippen LogP contribution in [0.2, 0.25) is 0 Å². The Balaban J connectivity index is 1.51. The lowest BCUT2D eigenvalue weighted by Crippen LogP contribution is -2.53. The molecule has 4 aliphatic rings. The van der Waals surface area contributed by atoms with Crippen molar-refractivity contribution < 1.29 is 9.47 Å². The molecule has 0 amide bonds. The van der Waals surface area contributed by atoms with E-state index in [0.717, 1.165) is 29.7 Å². The lowest BCUT2D eigenvalue weighted by Gasteiger charge is -2.60. The number of nitrogens with zero attached hydrogens (tertiary/aromatic N) is 1. The lowest BCUT2D eigenvalue weighted by atomic mass is 9.45. The Morgan fingerprint density at radius 1 is 1.16 bits per heavy atom. The maximum absolute atomic E-state index is 9.42. The molecule has 3 nitrogen and oxygen atoms in total. The summed E-state index contributed by atoms with van der Waals surface area (Å²) < 4.78 is 11.0. The van der Waals surface area contributed by atoms with Gasteiger partial charge in [0.25, 0.3) is 0 Å². The van der Waals surface area contributed by atoms with Gasteiger partial charge in [0.15, 0.2) is 0 Å². The van der Waals surface area contributed by atoms with E-state index >= 15 is 0 Å². The highest BCUT2D eigenvalue weighted by molar-refractivity contribution is 5.32. The van der Waals surface area contributed by atoms with Gasteiger partial charge in [0, 0.05) is 12.7 Å². The van der Waals surface area contributed by atoms with E-state index in [1.165, 1.54) is 44.9 Å². The van der Waals surface area contributed by atoms with Crippen LogP contribution in [0.4, 0.5) is 0 Å². The summed E-state index contributed by atoms with van der Waals surface area (Å²) in [4.78, 5) is 0. The number of hydrogen-bond donors (Lipinski definition) is 0. The minimum absolute atomic E-state index is 0.286. The average molecular weight is 344 g/mol. The van der Waals surface area contributed by atoms with Gasteiger partial charge in [0.2, 0.25) is 0 Å². The Morgan fingerprint density at radius 2 is 2.00 bits per heavy atom. The maximum Gasteiger partial charge on any atom is 0.146 e. The lowest BCUT2D eigenvalue weighted by molar-refractivity contribution is -0.147. The number of nitriles is 1. The number of hydrogen-bond acceptors (Lipinski definition) is 3. The van der Waals surface area contributed by atoms with Gasteiger partial charge in [-0.2, -0.15) is 5.26 Å². The van der Waals surface area contributed by atoms with Crippen LogP contribution in [0.25, 0.3) is 0 Å². The Morgan fingerprint density at radius 3 is 2.76 bits per heavy atom. The van der Waals surface area contributed by atoms with Crippen molar-refractivity contribution in [1.29, 1.82) is 5.26 Å². The summed E-state index contributed by atoms with van der Waals surface area (Å²) in [6, 6.07) is 2.46. The predicted octanol–water partition coefficient (Wildman–Crippen LogP) is 5.08. The van der Waals surface area contributed by atoms with Crippen LogP contribution >= 0.6 is 0 Å². The summed E-state index contributed by atoms with van der Waals surface area (Å²) in [5.41, 5.74) is 1.82. The Hall–Kier alpha value is -0.850. The molecule has 0 bridgehead atoms. The fourth-order valence-electron chi connectivity index (χ4n) is 7.22. The van der Waals surface area contributed by atoms with Crippen LogP contribution in [-0.4, -0.2) is 20.0 Å². The smallest absolute Gasteiger partial charge is 0.146 e. The zero-order chi connectivity index (χ0) is 17.7. The van der Waals surface area contributed by atoms with Crippen LogP contribution in [0.3, 0.4) is 0 Å². The van der Waals surface area contributed by atoms with Crippen LogP contribution in [0.15, 0.2) is 11.6 Å². The van der Waals surface area contributed by atoms with Crippen molar-refractivity contribution in [3.63, 3.8) is 0 Å². The van der Waals surface area contributed by atoms with E-state index in [0.29, 0.717) is 24.2 Å². The molecule has 4 rings (SSSR count). The van der Waals surface area contributed by atoms with Gasteiger partial charge in [0.05, 0.1) is 12.2 Å². The molecule has 0 aromatic carbocycles. The molecule has 25 heavy (non-hydrogen) atoms. The Bertz CT molecular complexity index is 593. The molecule has 4 aliphatic carbocycles. The van der Waals surface area contributed by atoms with E-state index in [9.17, 15) is 5.26 Å². The normalized spacial score (nSPS) is 48.7. The molecule has 0 spiro atoms. The van der Waals surface area contributed by atoms with Crippen molar-refractivity contribution in [2.24, 2.45) is 34.5 Å². The van der Waals surface area contributed by atoms with E-state index in [4.69, 9.17) is 9.47 Å². The van der Waals surface area contributed by atoms with Crippen molar-refractivity contribution in [2.75, 3.05) is 13.9 Å². The summed E-state index contributed by atoms with van der Waals surface area (Å²) in [5, 5.41) is 9.42. The fourth-order valence-corrected chi connectivity index (χ4v) is 7.22. The first-order valence-corrected chi connectivity index (χ1v) is 10.2. The fraction of sp³-hybridized carbons (Fsp3) is 0.864. The Kier molecular flexibility index (Phi) is 4.49. The standard InChI is InChI=1S/C22H33NO2/c1-21-8-7-19-18(20(21)10-15(12-21)13-23)5-4-16-11-17(25-14-24-3)6-9-22(16,19)2/h12,16-20H,4-11,14H2,1-3H3/t16?,17?,18-,19-,20+,21-,22+/m1/s1. The molecule has 0 radical (unpaired) electrons. The van der Waals surface area contributed by atoms with Gasteiger partial charge in [-0.1, -0.05) is 19.9 Å². The van der Waals surface area contributed by atoms with Gasteiger partial charge in [-0.3, -0.25) is 0 Å². The maximum atomic E-state index is 9.42. The predicted molar refractivity (Wildman–Crippen MR) is 97.6 cm³/mol. The summed E-state index contributed by atoms with van der Waals surface area (Å²) in [7, 11) is 1.71. The minimum Gasteiger partial charge on any atom is -0.359 e. The quantitative estimate of drug-likeness (QED) is 0.671. The molecule has 0 aliphatic heterocycles. The Labute approximate surface area is 152 Å². The highest BCUT2D eigenvalue weighted by atomic mass is 16.7. The van der Waals surface area contributed by atoms with Crippen molar-refractivity contribution in [3.8, 4) is 6.07 Å². The number of rotatable bonds is 3. The summed E-state index contributed by atoms with van der Waals surface area (Å²) in [6.07, 6.45) is 12.8. The molecular weight excluding hydrogens is 310 g/mol. The molecule has 0 aromatic rings. The first-order chi connectivity index (χ1) is 12.0. The third-order valence-electron chi connectivity index (χ3n) is 8.56. The SMILES string of the molecule is COCOC1CC[C@@]2(C)C(CC[C@@H]3[C@H]2CC[C@]2(C)C=C(C#N)C[C@@H]32)C1. The summed E-state index contributed by atoms with van der Waals surface area (Å²) >= 11 is 0. The second-order valence-electron chi connectivity index (χ2n) is 9.66. The molecule has 2 unspecified atom stereocenters. The molecule has 0 heterocycles. The number of ether oxygens (including phenoxy) is 2. The largest absolute Gasteiger partial charge is 0.359 e. The van der Waals surface area contributed by atoms with Crippen LogP contribution in [0.5, 0.6) is 0 Å². The molecule has 0 N–H and O–H groups in total. The van der Waals surface area contributed by atoms with Crippen LogP contribution in [0.1, 0.15) is 65.2 Å². The number of fused-ring (bicyclic) bond motifs is 5. The molecule has 7 atom stereocenters. The van der Waals surface area contributed by atoms with E-state index in [1.54, 1.807) is 7.11 Å². The number of methoxy groups -OCH3 is 1. The van der Waals surface area contributed by atoms with Crippen molar-refractivity contribution in [2.45, 2.75) is 71.3 Å². The van der Waals surface area contributed by atoms with E-state index < -0.39 is 0 Å². The van der Waals surface area contributed by atoms with E-state index in [2.05, 4.69) is 26.0 Å². The van der Waals surface area contributed by atoms with Gasteiger partial charge in [-0.15, -0.1) is 0 Å². The molecule has 3 saturated carbocycles. The van der Waals surface area contributed by atoms with Crippen molar-refractivity contribution in [3.05, 3.63) is 11.6 Å². The van der Waals surface area contributed by atoms with E-state index in [1.807, 2.05) is 0 Å². The molecule has 3 fully saturated rings. The van der Waals surface area contributed by atoms with Gasteiger partial charge < -0.3 is 9.47 Å². The van der Waals surface area contributed by atoms with Crippen LogP contribution in [0, 0.1) is 45.8 Å². The first-order valence-electron chi connectivity index (χ1n) is 10.2. The van der Waals surface area contributed by atoms with Crippen LogP contribution in [-0.2, 0) is 9.47 Å². The molecular formula is C22H33NO2. The van der Waals surface area contributed by atoms with Crippen molar-refractivity contribution in [1.82, 2.24) is 0 Å². The van der Waals surface area contributed by atoms with Gasteiger partial charge >= 0.3 is 0 Å². The topological polar surface area (TPSA) is 42.2 Å². The summed E-state index contributed by atoms with van der Waals surface area (Å²) in [6.45, 7) is 5.43. The highest BCUT2D eigenvalue weighted by Gasteiger charge is 2.57. The molecule has 0 saturated heterocycles. The monoisotopic (exact) mass is 343 g/mol. The average Bonchev–Trinajstić information content (AvgIpc) is 2.96. The van der Waals surface area contributed by atoms with E-state index in [-0.39, 0.29) is 5.41 Å². The summed E-state index contributed by atoms with van der Waals surface area (Å²) in [5.74, 6) is 3.18. The number of allylic oxidation sites excluding steroid dienone is 2. The zero-order valence-corrected chi connectivity index (χ0v) is 16.1. The van der Waals surface area contributed by atoms with Gasteiger partial charge in [-0.05, 0) is 85.9 Å². The van der Waals surface area contributed by atoms with Gasteiger partial charge in [-0.25, -0.2) is 0 Å². The molecule has 0 aromatic heterocycles. The van der Waals surface area contributed by atoms with Crippen LogP contribution < -0.4 is 0 Å².